The predicted octanol–water partition coefficient (Wildman–Crippen LogP) is 2.43. The topological polar surface area (TPSA) is 123 Å². The maximum atomic E-state index is 12.4. The highest BCUT2D eigenvalue weighted by molar-refractivity contribution is 7.88. The molecule has 0 amide bonds. The number of benzene rings is 2. The molecule has 3 aromatic rings. The summed E-state index contributed by atoms with van der Waals surface area (Å²) in [6, 6.07) is 10.7. The fourth-order valence-electron chi connectivity index (χ4n) is 4.02. The molecule has 1 aliphatic carbocycles. The Balaban J connectivity index is 1.87. The third-order valence-corrected chi connectivity index (χ3v) is 5.97. The first-order valence-electron chi connectivity index (χ1n) is 10.4. The first-order valence-corrected chi connectivity index (χ1v) is 12.3. The van der Waals surface area contributed by atoms with Crippen LogP contribution in [0.4, 0.5) is 0 Å². The number of allylic oxidation sites excluding steroid dienone is 1. The Hall–Kier alpha value is -3.92. The van der Waals surface area contributed by atoms with Crippen LogP contribution in [-0.4, -0.2) is 37.0 Å². The standard InChI is InChI=1S/C24H24N4O5S/c1-14(2)19-12-17(28-10-9-22(29)25-24(28)30)13-20(23(19)33-3)16-5-7-18-15(11-16)6-8-21(18)26-27-34(4,31)32/h5,7,9-13,27H,1,6,8H2,2-4H3,(H,25,29,30)/b26-21+. The minimum absolute atomic E-state index is 0.475. The second kappa shape index (κ2) is 8.79. The molecule has 1 aliphatic rings. The van der Waals surface area contributed by atoms with Crippen molar-refractivity contribution in [3.8, 4) is 22.6 Å². The SMILES string of the molecule is C=C(C)c1cc(-n2ccc(=O)[nH]c2=O)cc(-c2ccc3c(c2)CC/C3=N\NS(C)(=O)=O)c1OC. The Kier molecular flexibility index (Phi) is 6.01. The van der Waals surface area contributed by atoms with Crippen molar-refractivity contribution < 1.29 is 13.2 Å². The molecule has 4 rings (SSSR count). The van der Waals surface area contributed by atoms with Gasteiger partial charge in [0.25, 0.3) is 5.56 Å². The Bertz CT molecular complexity index is 1560. The molecule has 0 fully saturated rings. The van der Waals surface area contributed by atoms with Gasteiger partial charge >= 0.3 is 5.69 Å². The van der Waals surface area contributed by atoms with E-state index in [9.17, 15) is 18.0 Å². The number of aromatic nitrogens is 2. The molecule has 0 radical (unpaired) electrons. The second-order valence-electron chi connectivity index (χ2n) is 8.13. The smallest absolute Gasteiger partial charge is 0.332 e. The summed E-state index contributed by atoms with van der Waals surface area (Å²) in [7, 11) is -1.86. The fraction of sp³-hybridized carbons (Fsp3) is 0.208. The number of nitrogens with one attached hydrogen (secondary N) is 2. The summed E-state index contributed by atoms with van der Waals surface area (Å²) >= 11 is 0. The van der Waals surface area contributed by atoms with Crippen LogP contribution in [0.15, 0.2) is 63.9 Å². The third-order valence-electron chi connectivity index (χ3n) is 5.54. The second-order valence-corrected chi connectivity index (χ2v) is 9.86. The van der Waals surface area contributed by atoms with Crippen LogP contribution in [0, 0.1) is 0 Å². The molecule has 2 N–H and O–H groups in total. The van der Waals surface area contributed by atoms with E-state index in [0.717, 1.165) is 39.6 Å². The van der Waals surface area contributed by atoms with Crippen LogP contribution in [0.1, 0.15) is 30.0 Å². The van der Waals surface area contributed by atoms with Crippen molar-refractivity contribution in [3.05, 3.63) is 86.7 Å². The maximum absolute atomic E-state index is 12.4. The van der Waals surface area contributed by atoms with Gasteiger partial charge in [-0.15, -0.1) is 0 Å². The molecule has 1 aromatic heterocycles. The number of rotatable bonds is 6. The van der Waals surface area contributed by atoms with E-state index >= 15 is 0 Å². The summed E-state index contributed by atoms with van der Waals surface area (Å²) in [5.74, 6) is 0.610. The van der Waals surface area contributed by atoms with E-state index in [4.69, 9.17) is 4.74 Å². The summed E-state index contributed by atoms with van der Waals surface area (Å²) in [5, 5.41) is 4.06. The molecule has 2 aromatic carbocycles. The van der Waals surface area contributed by atoms with Crippen LogP contribution in [0.5, 0.6) is 5.75 Å². The Morgan fingerprint density at radius 3 is 2.56 bits per heavy atom. The average molecular weight is 481 g/mol. The molecular formula is C24H24N4O5S. The van der Waals surface area contributed by atoms with Crippen LogP contribution < -0.4 is 20.8 Å². The van der Waals surface area contributed by atoms with Gasteiger partial charge in [-0.1, -0.05) is 24.8 Å². The van der Waals surface area contributed by atoms with E-state index in [1.165, 1.54) is 16.8 Å². The van der Waals surface area contributed by atoms with Gasteiger partial charge in [-0.3, -0.25) is 14.3 Å². The van der Waals surface area contributed by atoms with Crippen molar-refractivity contribution in [2.75, 3.05) is 13.4 Å². The first kappa shape index (κ1) is 23.2. The van der Waals surface area contributed by atoms with Crippen LogP contribution in [0.2, 0.25) is 0 Å². The quantitative estimate of drug-likeness (QED) is 0.525. The zero-order valence-corrected chi connectivity index (χ0v) is 19.8. The lowest BCUT2D eigenvalue weighted by Gasteiger charge is -2.18. The molecule has 0 bridgehead atoms. The van der Waals surface area contributed by atoms with Gasteiger partial charge in [0, 0.05) is 29.0 Å². The zero-order chi connectivity index (χ0) is 24.6. The van der Waals surface area contributed by atoms with Gasteiger partial charge in [0.15, 0.2) is 0 Å². The van der Waals surface area contributed by atoms with Gasteiger partial charge < -0.3 is 4.74 Å². The number of aromatic amines is 1. The van der Waals surface area contributed by atoms with E-state index in [1.54, 1.807) is 13.2 Å². The Morgan fingerprint density at radius 2 is 1.91 bits per heavy atom. The number of nitrogens with zero attached hydrogens (tertiary/aromatic N) is 2. The van der Waals surface area contributed by atoms with Gasteiger partial charge in [0.05, 0.1) is 24.8 Å². The lowest BCUT2D eigenvalue weighted by atomic mass is 9.95. The fourth-order valence-corrected chi connectivity index (χ4v) is 4.29. The van der Waals surface area contributed by atoms with Crippen molar-refractivity contribution in [2.24, 2.45) is 5.10 Å². The minimum atomic E-state index is -3.44. The largest absolute Gasteiger partial charge is 0.495 e. The van der Waals surface area contributed by atoms with Crippen LogP contribution in [0.25, 0.3) is 22.4 Å². The number of sulfonamides is 1. The lowest BCUT2D eigenvalue weighted by molar-refractivity contribution is 0.415. The van der Waals surface area contributed by atoms with E-state index in [0.29, 0.717) is 30.0 Å². The highest BCUT2D eigenvalue weighted by Gasteiger charge is 2.21. The lowest BCUT2D eigenvalue weighted by Crippen LogP contribution is -2.27. The molecule has 0 saturated heterocycles. The van der Waals surface area contributed by atoms with Crippen LogP contribution in [-0.2, 0) is 16.4 Å². The normalized spacial score (nSPS) is 14.1. The molecule has 0 saturated carbocycles. The van der Waals surface area contributed by atoms with Gasteiger partial charge in [-0.25, -0.2) is 18.0 Å². The summed E-state index contributed by atoms with van der Waals surface area (Å²) < 4.78 is 29.9. The molecule has 1 heterocycles. The Morgan fingerprint density at radius 1 is 1.15 bits per heavy atom. The van der Waals surface area contributed by atoms with Gasteiger partial charge in [0.1, 0.15) is 5.75 Å². The highest BCUT2D eigenvalue weighted by atomic mass is 32.2. The minimum Gasteiger partial charge on any atom is -0.495 e. The van der Waals surface area contributed by atoms with E-state index < -0.39 is 21.3 Å². The van der Waals surface area contributed by atoms with E-state index in [1.807, 2.05) is 31.2 Å². The molecular weight excluding hydrogens is 456 g/mol. The number of H-pyrrole nitrogens is 1. The molecule has 176 valence electrons. The van der Waals surface area contributed by atoms with Crippen molar-refractivity contribution in [3.63, 3.8) is 0 Å². The van der Waals surface area contributed by atoms with Crippen LogP contribution in [0.3, 0.4) is 0 Å². The summed E-state index contributed by atoms with van der Waals surface area (Å²) in [5.41, 5.74) is 5.19. The average Bonchev–Trinajstić information content (AvgIpc) is 3.18. The monoisotopic (exact) mass is 480 g/mol. The van der Waals surface area contributed by atoms with E-state index in [2.05, 4.69) is 21.5 Å². The summed E-state index contributed by atoms with van der Waals surface area (Å²) in [6.45, 7) is 5.90. The van der Waals surface area contributed by atoms with Crippen LogP contribution >= 0.6 is 0 Å². The molecule has 34 heavy (non-hydrogen) atoms. The number of hydrogen-bond acceptors (Lipinski definition) is 6. The van der Waals surface area contributed by atoms with Gasteiger partial charge in [-0.05, 0) is 48.6 Å². The van der Waals surface area contributed by atoms with Crippen molar-refractivity contribution in [1.29, 1.82) is 0 Å². The summed E-state index contributed by atoms with van der Waals surface area (Å²) in [6.07, 6.45) is 3.81. The zero-order valence-electron chi connectivity index (χ0n) is 19.0. The third kappa shape index (κ3) is 4.58. The molecule has 10 heteroatoms. The van der Waals surface area contributed by atoms with Crippen molar-refractivity contribution >= 4 is 21.3 Å². The molecule has 0 atom stereocenters. The number of hydrazone groups is 1. The number of fused-ring (bicyclic) bond motifs is 1. The number of aryl methyl sites for hydroxylation is 1. The Labute approximate surface area is 196 Å². The van der Waals surface area contributed by atoms with Gasteiger partial charge in [0.2, 0.25) is 10.0 Å². The maximum Gasteiger partial charge on any atom is 0.332 e. The number of hydrogen-bond donors (Lipinski definition) is 2. The number of methoxy groups -OCH3 is 1. The molecule has 0 spiro atoms. The van der Waals surface area contributed by atoms with Gasteiger partial charge in [-0.2, -0.15) is 5.10 Å². The van der Waals surface area contributed by atoms with Crippen molar-refractivity contribution in [2.45, 2.75) is 19.8 Å². The summed E-state index contributed by atoms with van der Waals surface area (Å²) in [4.78, 5) is 28.4. The molecule has 0 aliphatic heterocycles. The molecule has 0 unspecified atom stereocenters. The highest BCUT2D eigenvalue weighted by Crippen LogP contribution is 2.39. The van der Waals surface area contributed by atoms with E-state index in [-0.39, 0.29) is 0 Å². The number of ether oxygens (including phenoxy) is 1. The molecule has 9 nitrogen and oxygen atoms in total. The predicted molar refractivity (Wildman–Crippen MR) is 132 cm³/mol. The van der Waals surface area contributed by atoms with Crippen molar-refractivity contribution in [1.82, 2.24) is 14.4 Å². The first-order chi connectivity index (χ1) is 16.1.